The molecule has 2 aliphatic carbocycles. The molecule has 3 unspecified atom stereocenters. The van der Waals surface area contributed by atoms with Crippen molar-refractivity contribution in [2.75, 3.05) is 13.1 Å². The van der Waals surface area contributed by atoms with Gasteiger partial charge in [-0.3, -0.25) is 0 Å². The van der Waals surface area contributed by atoms with Gasteiger partial charge in [0.05, 0.1) is 0 Å². The number of hydrogen-bond acceptors (Lipinski definition) is 1. The van der Waals surface area contributed by atoms with Gasteiger partial charge in [-0.2, -0.15) is 0 Å². The van der Waals surface area contributed by atoms with E-state index in [0.29, 0.717) is 10.8 Å². The topological polar surface area (TPSA) is 12.0 Å². The van der Waals surface area contributed by atoms with Gasteiger partial charge in [0.1, 0.15) is 0 Å². The second-order valence-electron chi connectivity index (χ2n) is 7.78. The highest BCUT2D eigenvalue weighted by Gasteiger charge is 2.50. The Kier molecular flexibility index (Phi) is 3.87. The molecule has 0 aromatic rings. The third-order valence-electron chi connectivity index (χ3n) is 5.20. The Morgan fingerprint density at radius 1 is 1.24 bits per heavy atom. The lowest BCUT2D eigenvalue weighted by Crippen LogP contribution is -2.39. The predicted molar refractivity (Wildman–Crippen MR) is 75.1 cm³/mol. The lowest BCUT2D eigenvalue weighted by Gasteiger charge is -2.40. The molecule has 1 N–H and O–H groups in total. The summed E-state index contributed by atoms with van der Waals surface area (Å²) in [6.07, 6.45) is 8.93. The molecule has 0 aromatic heterocycles. The normalized spacial score (nSPS) is 36.7. The van der Waals surface area contributed by atoms with Crippen LogP contribution in [-0.4, -0.2) is 13.1 Å². The Balaban J connectivity index is 1.98. The molecule has 0 radical (unpaired) electrons. The minimum absolute atomic E-state index is 0.501. The number of rotatable bonds is 5. The minimum Gasteiger partial charge on any atom is -0.316 e. The Hall–Kier alpha value is -0.0400. The standard InChI is InChI=1S/C16H31N/c1-5-17-12-16(9-8-15(2,3)4)11-13-6-7-14(16)10-13/h13-14,17H,5-12H2,1-4H3. The van der Waals surface area contributed by atoms with E-state index in [0.717, 1.165) is 18.4 Å². The highest BCUT2D eigenvalue weighted by Crippen LogP contribution is 2.58. The van der Waals surface area contributed by atoms with Crippen LogP contribution in [0.2, 0.25) is 0 Å². The molecule has 0 heterocycles. The zero-order valence-electron chi connectivity index (χ0n) is 12.3. The van der Waals surface area contributed by atoms with Crippen LogP contribution in [0.4, 0.5) is 0 Å². The first-order valence-corrected chi connectivity index (χ1v) is 7.66. The van der Waals surface area contributed by atoms with Gasteiger partial charge >= 0.3 is 0 Å². The Morgan fingerprint density at radius 3 is 2.47 bits per heavy atom. The van der Waals surface area contributed by atoms with Gasteiger partial charge in [-0.1, -0.05) is 34.1 Å². The van der Waals surface area contributed by atoms with Crippen LogP contribution in [-0.2, 0) is 0 Å². The average Bonchev–Trinajstić information content (AvgIpc) is 2.83. The molecule has 0 amide bonds. The van der Waals surface area contributed by atoms with Crippen LogP contribution in [0.15, 0.2) is 0 Å². The van der Waals surface area contributed by atoms with Gasteiger partial charge in [0.15, 0.2) is 0 Å². The average molecular weight is 237 g/mol. The van der Waals surface area contributed by atoms with Crippen molar-refractivity contribution < 1.29 is 0 Å². The smallest absolute Gasteiger partial charge is 0.00105 e. The van der Waals surface area contributed by atoms with Crippen molar-refractivity contribution in [3.8, 4) is 0 Å². The molecule has 2 fully saturated rings. The molecule has 0 aliphatic heterocycles. The summed E-state index contributed by atoms with van der Waals surface area (Å²) in [5.74, 6) is 2.10. The Morgan fingerprint density at radius 2 is 2.00 bits per heavy atom. The summed E-state index contributed by atoms with van der Waals surface area (Å²) < 4.78 is 0. The molecule has 1 nitrogen and oxygen atoms in total. The van der Waals surface area contributed by atoms with Crippen molar-refractivity contribution in [1.29, 1.82) is 0 Å². The molecule has 2 bridgehead atoms. The third-order valence-corrected chi connectivity index (χ3v) is 5.20. The quantitative estimate of drug-likeness (QED) is 0.754. The number of hydrogen-bond donors (Lipinski definition) is 1. The summed E-state index contributed by atoms with van der Waals surface area (Å²) in [6, 6.07) is 0. The second-order valence-corrected chi connectivity index (χ2v) is 7.78. The van der Waals surface area contributed by atoms with E-state index in [4.69, 9.17) is 0 Å². The fourth-order valence-electron chi connectivity index (χ4n) is 4.17. The fraction of sp³-hybridized carbons (Fsp3) is 1.00. The van der Waals surface area contributed by atoms with Crippen molar-refractivity contribution in [3.05, 3.63) is 0 Å². The summed E-state index contributed by atoms with van der Waals surface area (Å²) >= 11 is 0. The van der Waals surface area contributed by atoms with Gasteiger partial charge in [0.25, 0.3) is 0 Å². The lowest BCUT2D eigenvalue weighted by molar-refractivity contribution is 0.122. The molecule has 2 saturated carbocycles. The predicted octanol–water partition coefficient (Wildman–Crippen LogP) is 4.23. The van der Waals surface area contributed by atoms with Gasteiger partial charge in [0, 0.05) is 6.54 Å². The zero-order chi connectivity index (χ0) is 12.5. The first kappa shape index (κ1) is 13.4. The van der Waals surface area contributed by atoms with Crippen LogP contribution in [0.5, 0.6) is 0 Å². The van der Waals surface area contributed by atoms with Gasteiger partial charge in [0.2, 0.25) is 0 Å². The summed E-state index contributed by atoms with van der Waals surface area (Å²) in [5, 5.41) is 3.65. The molecule has 2 aliphatic rings. The lowest BCUT2D eigenvalue weighted by atomic mass is 9.68. The maximum Gasteiger partial charge on any atom is 0.00105 e. The van der Waals surface area contributed by atoms with E-state index in [9.17, 15) is 0 Å². The number of nitrogens with one attached hydrogen (secondary N) is 1. The summed E-state index contributed by atoms with van der Waals surface area (Å²) in [4.78, 5) is 0. The minimum atomic E-state index is 0.501. The van der Waals surface area contributed by atoms with Crippen LogP contribution in [0.1, 0.15) is 66.2 Å². The molecule has 3 atom stereocenters. The van der Waals surface area contributed by atoms with Crippen molar-refractivity contribution in [2.45, 2.75) is 66.2 Å². The van der Waals surface area contributed by atoms with E-state index < -0.39 is 0 Å². The van der Waals surface area contributed by atoms with Crippen LogP contribution in [0, 0.1) is 22.7 Å². The molecule has 100 valence electrons. The molecule has 0 spiro atoms. The van der Waals surface area contributed by atoms with E-state index in [1.54, 1.807) is 0 Å². The molecule has 0 aromatic carbocycles. The van der Waals surface area contributed by atoms with Crippen molar-refractivity contribution >= 4 is 0 Å². The van der Waals surface area contributed by atoms with Crippen molar-refractivity contribution in [2.24, 2.45) is 22.7 Å². The Bertz CT molecular complexity index is 253. The van der Waals surface area contributed by atoms with Gasteiger partial charge < -0.3 is 5.32 Å². The monoisotopic (exact) mass is 237 g/mol. The molecule has 2 rings (SSSR count). The first-order valence-electron chi connectivity index (χ1n) is 7.66. The summed E-state index contributed by atoms with van der Waals surface area (Å²) in [7, 11) is 0. The fourth-order valence-corrected chi connectivity index (χ4v) is 4.17. The first-order chi connectivity index (χ1) is 7.95. The van der Waals surface area contributed by atoms with E-state index in [-0.39, 0.29) is 0 Å². The summed E-state index contributed by atoms with van der Waals surface area (Å²) in [5.41, 5.74) is 1.16. The van der Waals surface area contributed by atoms with Crippen LogP contribution in [0.25, 0.3) is 0 Å². The van der Waals surface area contributed by atoms with Gasteiger partial charge in [-0.05, 0) is 61.3 Å². The molecule has 1 heteroatoms. The highest BCUT2D eigenvalue weighted by atomic mass is 14.9. The van der Waals surface area contributed by atoms with Crippen LogP contribution < -0.4 is 5.32 Å². The van der Waals surface area contributed by atoms with E-state index in [1.165, 1.54) is 45.1 Å². The van der Waals surface area contributed by atoms with E-state index in [1.807, 2.05) is 0 Å². The Labute approximate surface area is 108 Å². The maximum absolute atomic E-state index is 3.65. The molecule has 0 saturated heterocycles. The van der Waals surface area contributed by atoms with E-state index >= 15 is 0 Å². The summed E-state index contributed by atoms with van der Waals surface area (Å²) in [6.45, 7) is 11.8. The zero-order valence-corrected chi connectivity index (χ0v) is 12.3. The largest absolute Gasteiger partial charge is 0.316 e. The van der Waals surface area contributed by atoms with Crippen molar-refractivity contribution in [1.82, 2.24) is 5.32 Å². The van der Waals surface area contributed by atoms with Crippen LogP contribution in [0.3, 0.4) is 0 Å². The van der Waals surface area contributed by atoms with Crippen LogP contribution >= 0.6 is 0 Å². The molecule has 17 heavy (non-hydrogen) atoms. The number of fused-ring (bicyclic) bond motifs is 2. The third kappa shape index (κ3) is 3.05. The molecular weight excluding hydrogens is 206 g/mol. The maximum atomic E-state index is 3.65. The van der Waals surface area contributed by atoms with Crippen molar-refractivity contribution in [3.63, 3.8) is 0 Å². The second kappa shape index (κ2) is 4.91. The SMILES string of the molecule is CCNCC1(CCC(C)(C)C)CC2CCC1C2. The van der Waals surface area contributed by atoms with Gasteiger partial charge in [-0.15, -0.1) is 0 Å². The van der Waals surface area contributed by atoms with Gasteiger partial charge in [-0.25, -0.2) is 0 Å². The highest BCUT2D eigenvalue weighted by molar-refractivity contribution is 5.01. The van der Waals surface area contributed by atoms with E-state index in [2.05, 4.69) is 33.0 Å². The molecular formula is C16H31N.